The van der Waals surface area contributed by atoms with Crippen LogP contribution in [0.3, 0.4) is 0 Å². The predicted molar refractivity (Wildman–Crippen MR) is 89.1 cm³/mol. The molecule has 8 heteroatoms. The highest BCUT2D eigenvalue weighted by molar-refractivity contribution is 7.87. The first-order valence-electron chi connectivity index (χ1n) is 7.08. The first-order chi connectivity index (χ1) is 9.90. The summed E-state index contributed by atoms with van der Waals surface area (Å²) in [5, 5.41) is 0. The fourth-order valence-corrected chi connectivity index (χ4v) is 3.80. The Labute approximate surface area is 138 Å². The lowest BCUT2D eigenvalue weighted by Crippen LogP contribution is -2.54. The van der Waals surface area contributed by atoms with E-state index in [1.807, 2.05) is 44.2 Å². The van der Waals surface area contributed by atoms with Crippen LogP contribution in [0.5, 0.6) is 0 Å². The molecule has 0 aromatic heterocycles. The molecule has 0 spiro atoms. The highest BCUT2D eigenvalue weighted by Gasteiger charge is 2.32. The molecule has 0 amide bonds. The second-order valence-electron chi connectivity index (χ2n) is 5.43. The third-order valence-corrected chi connectivity index (χ3v) is 5.23. The van der Waals surface area contributed by atoms with E-state index in [1.54, 1.807) is 0 Å². The molecule has 1 aromatic carbocycles. The lowest BCUT2D eigenvalue weighted by Gasteiger charge is -2.35. The molecule has 1 aliphatic rings. The Balaban J connectivity index is 0.00000242. The highest BCUT2D eigenvalue weighted by atomic mass is 35.5. The van der Waals surface area contributed by atoms with Crippen molar-refractivity contribution >= 4 is 22.6 Å². The van der Waals surface area contributed by atoms with Crippen LogP contribution in [0.15, 0.2) is 30.3 Å². The van der Waals surface area contributed by atoms with Crippen molar-refractivity contribution in [2.45, 2.75) is 32.0 Å². The number of ether oxygens (including phenoxy) is 1. The van der Waals surface area contributed by atoms with E-state index in [-0.39, 0.29) is 37.1 Å². The molecule has 3 atom stereocenters. The summed E-state index contributed by atoms with van der Waals surface area (Å²) in [6, 6.07) is 8.90. The van der Waals surface area contributed by atoms with Gasteiger partial charge in [-0.05, 0) is 19.4 Å². The van der Waals surface area contributed by atoms with Crippen LogP contribution in [0.4, 0.5) is 0 Å². The summed E-state index contributed by atoms with van der Waals surface area (Å²) in [6.45, 7) is 4.64. The minimum absolute atomic E-state index is 0. The van der Waals surface area contributed by atoms with Gasteiger partial charge in [-0.1, -0.05) is 30.3 Å². The van der Waals surface area contributed by atoms with E-state index >= 15 is 0 Å². The molecule has 0 saturated carbocycles. The van der Waals surface area contributed by atoms with E-state index in [0.717, 1.165) is 5.56 Å². The van der Waals surface area contributed by atoms with Crippen LogP contribution >= 0.6 is 12.4 Å². The fraction of sp³-hybridized carbons (Fsp3) is 0.571. The van der Waals surface area contributed by atoms with Crippen molar-refractivity contribution in [3.8, 4) is 0 Å². The van der Waals surface area contributed by atoms with Crippen LogP contribution in [0.1, 0.15) is 25.5 Å². The fourth-order valence-electron chi connectivity index (χ4n) is 2.30. The van der Waals surface area contributed by atoms with Gasteiger partial charge in [-0.2, -0.15) is 12.7 Å². The van der Waals surface area contributed by atoms with Crippen molar-refractivity contribution in [3.63, 3.8) is 0 Å². The second-order valence-corrected chi connectivity index (χ2v) is 7.14. The highest BCUT2D eigenvalue weighted by Crippen LogP contribution is 2.15. The molecule has 126 valence electrons. The number of hydrogen-bond donors (Lipinski definition) is 2. The van der Waals surface area contributed by atoms with Crippen LogP contribution in [0, 0.1) is 0 Å². The number of nitrogens with two attached hydrogens (primary N) is 1. The number of morpholine rings is 1. The molecule has 1 saturated heterocycles. The number of halogens is 1. The summed E-state index contributed by atoms with van der Waals surface area (Å²) in [5.41, 5.74) is 6.93. The lowest BCUT2D eigenvalue weighted by molar-refractivity contribution is -0.0175. The molecule has 22 heavy (non-hydrogen) atoms. The molecule has 0 aliphatic carbocycles. The molecule has 1 heterocycles. The van der Waals surface area contributed by atoms with Gasteiger partial charge in [0, 0.05) is 25.2 Å². The van der Waals surface area contributed by atoms with Gasteiger partial charge in [0.15, 0.2) is 0 Å². The molecule has 0 bridgehead atoms. The van der Waals surface area contributed by atoms with Gasteiger partial charge in [-0.25, -0.2) is 4.72 Å². The summed E-state index contributed by atoms with van der Waals surface area (Å²) in [6.07, 6.45) is -0.0967. The topological polar surface area (TPSA) is 84.7 Å². The zero-order chi connectivity index (χ0) is 15.5. The molecule has 6 nitrogen and oxygen atoms in total. The van der Waals surface area contributed by atoms with E-state index in [0.29, 0.717) is 13.2 Å². The smallest absolute Gasteiger partial charge is 0.279 e. The summed E-state index contributed by atoms with van der Waals surface area (Å²) in [7, 11) is -3.55. The lowest BCUT2D eigenvalue weighted by atomic mass is 10.1. The largest absolute Gasteiger partial charge is 0.375 e. The predicted octanol–water partition coefficient (Wildman–Crippen LogP) is 1.05. The zero-order valence-corrected chi connectivity index (χ0v) is 14.4. The second kappa shape index (κ2) is 8.24. The van der Waals surface area contributed by atoms with E-state index in [4.69, 9.17) is 10.5 Å². The molecule has 1 aromatic rings. The first-order valence-corrected chi connectivity index (χ1v) is 8.52. The van der Waals surface area contributed by atoms with Gasteiger partial charge in [-0.3, -0.25) is 0 Å². The van der Waals surface area contributed by atoms with E-state index in [1.165, 1.54) is 4.31 Å². The number of nitrogens with one attached hydrogen (secondary N) is 1. The van der Waals surface area contributed by atoms with Gasteiger partial charge in [0.25, 0.3) is 10.2 Å². The number of hydrogen-bond acceptors (Lipinski definition) is 4. The van der Waals surface area contributed by atoms with Gasteiger partial charge < -0.3 is 10.5 Å². The zero-order valence-electron chi connectivity index (χ0n) is 12.8. The summed E-state index contributed by atoms with van der Waals surface area (Å²) in [4.78, 5) is 0. The Morgan fingerprint density at radius 2 is 2.00 bits per heavy atom. The minimum Gasteiger partial charge on any atom is -0.375 e. The third-order valence-electron chi connectivity index (χ3n) is 3.57. The van der Waals surface area contributed by atoms with E-state index < -0.39 is 10.2 Å². The maximum atomic E-state index is 12.4. The molecular weight excluding hydrogens is 326 g/mol. The summed E-state index contributed by atoms with van der Waals surface area (Å²) in [5.74, 6) is 0. The minimum atomic E-state index is -3.55. The van der Waals surface area contributed by atoms with Gasteiger partial charge in [-0.15, -0.1) is 12.4 Å². The molecule has 2 rings (SSSR count). The van der Waals surface area contributed by atoms with Crippen molar-refractivity contribution in [2.24, 2.45) is 5.73 Å². The van der Waals surface area contributed by atoms with Crippen LogP contribution in [-0.4, -0.2) is 44.6 Å². The number of benzene rings is 1. The maximum absolute atomic E-state index is 12.4. The van der Waals surface area contributed by atoms with Crippen LogP contribution < -0.4 is 10.5 Å². The van der Waals surface area contributed by atoms with Crippen molar-refractivity contribution in [1.82, 2.24) is 9.03 Å². The summed E-state index contributed by atoms with van der Waals surface area (Å²) >= 11 is 0. The van der Waals surface area contributed by atoms with Crippen molar-refractivity contribution < 1.29 is 13.2 Å². The average Bonchev–Trinajstić information content (AvgIpc) is 2.48. The Hall–Kier alpha value is -0.700. The molecule has 1 fully saturated rings. The average molecular weight is 350 g/mol. The van der Waals surface area contributed by atoms with Crippen molar-refractivity contribution in [2.75, 3.05) is 19.7 Å². The monoisotopic (exact) mass is 349 g/mol. The van der Waals surface area contributed by atoms with Crippen molar-refractivity contribution in [1.29, 1.82) is 0 Å². The van der Waals surface area contributed by atoms with Gasteiger partial charge in [0.05, 0.1) is 12.7 Å². The molecule has 0 radical (unpaired) electrons. The Bertz CT molecular complexity index is 556. The molecule has 3 unspecified atom stereocenters. The molecule has 1 aliphatic heterocycles. The molecule has 3 N–H and O–H groups in total. The molecular formula is C14H24ClN3O3S. The van der Waals surface area contributed by atoms with Gasteiger partial charge in [0.1, 0.15) is 0 Å². The first kappa shape index (κ1) is 19.3. The SMILES string of the molecule is CC1CN(S(=O)(=O)NCC(N)c2ccccc2)C(C)CO1.Cl. The standard InChI is InChI=1S/C14H23N3O3S.ClH/c1-11-10-20-12(2)9-17(11)21(18,19)16-8-14(15)13-6-4-3-5-7-13;/h3-7,11-12,14,16H,8-10,15H2,1-2H3;1H. The maximum Gasteiger partial charge on any atom is 0.279 e. The Kier molecular flexibility index (Phi) is 7.24. The third kappa shape index (κ3) is 4.91. The Morgan fingerprint density at radius 3 is 2.64 bits per heavy atom. The quantitative estimate of drug-likeness (QED) is 0.832. The summed E-state index contributed by atoms with van der Waals surface area (Å²) < 4.78 is 34.3. The van der Waals surface area contributed by atoms with Gasteiger partial charge in [0.2, 0.25) is 0 Å². The van der Waals surface area contributed by atoms with Crippen LogP contribution in [0.25, 0.3) is 0 Å². The number of rotatable bonds is 5. The van der Waals surface area contributed by atoms with Crippen molar-refractivity contribution in [3.05, 3.63) is 35.9 Å². The Morgan fingerprint density at radius 1 is 1.36 bits per heavy atom. The van der Waals surface area contributed by atoms with Crippen LogP contribution in [0.2, 0.25) is 0 Å². The van der Waals surface area contributed by atoms with E-state index in [9.17, 15) is 8.42 Å². The number of nitrogens with zero attached hydrogens (tertiary/aromatic N) is 1. The van der Waals surface area contributed by atoms with Gasteiger partial charge >= 0.3 is 0 Å². The normalized spacial score (nSPS) is 24.5. The van der Waals surface area contributed by atoms with E-state index in [2.05, 4.69) is 4.72 Å². The van der Waals surface area contributed by atoms with Crippen LogP contribution in [-0.2, 0) is 14.9 Å².